The Morgan fingerprint density at radius 1 is 0.825 bits per heavy atom. The average Bonchev–Trinajstić information content (AvgIpc) is 3.81. The van der Waals surface area contributed by atoms with E-state index in [1.165, 1.54) is 41.5 Å². The molecule has 0 saturated carbocycles. The molecule has 13 heteroatoms. The molecule has 0 aliphatic carbocycles. The quantitative estimate of drug-likeness (QED) is 0.135. The van der Waals surface area contributed by atoms with Gasteiger partial charge in [0.25, 0.3) is 0 Å². The molecule has 0 radical (unpaired) electrons. The van der Waals surface area contributed by atoms with Gasteiger partial charge in [0.2, 0.25) is 5.91 Å². The molecule has 2 saturated heterocycles. The van der Waals surface area contributed by atoms with Crippen LogP contribution >= 0.6 is 11.8 Å². The van der Waals surface area contributed by atoms with Crippen LogP contribution in [0.4, 0.5) is 11.4 Å². The zero-order valence-corrected chi connectivity index (χ0v) is 35.2. The number of piperidine rings is 1. The Hall–Kier alpha value is -4.14. The van der Waals surface area contributed by atoms with E-state index in [1.54, 1.807) is 48.2 Å². The summed E-state index contributed by atoms with van der Waals surface area (Å²) in [4.78, 5) is 24.8. The van der Waals surface area contributed by atoms with Crippen molar-refractivity contribution >= 4 is 59.6 Å². The van der Waals surface area contributed by atoms with Crippen LogP contribution in [0.25, 0.3) is 10.9 Å². The third-order valence-corrected chi connectivity index (χ3v) is 15.6. The number of aromatic nitrogens is 1. The van der Waals surface area contributed by atoms with Crippen molar-refractivity contribution in [3.05, 3.63) is 108 Å². The minimum Gasteiger partial charge on any atom is -0.369 e. The summed E-state index contributed by atoms with van der Waals surface area (Å²) in [5.74, 6) is -0.0444. The van der Waals surface area contributed by atoms with Gasteiger partial charge >= 0.3 is 0 Å². The topological polar surface area (TPSA) is 137 Å². The summed E-state index contributed by atoms with van der Waals surface area (Å²) in [6.45, 7) is 4.71. The smallest absolute Gasteiger partial charge is 0.220 e. The maximum atomic E-state index is 12.5. The number of fused-ring (bicyclic) bond motifs is 3. The minimum atomic E-state index is -3.27. The van der Waals surface area contributed by atoms with Gasteiger partial charge in [-0.3, -0.25) is 4.79 Å². The van der Waals surface area contributed by atoms with Gasteiger partial charge in [-0.15, -0.1) is 0 Å². The number of carbonyl (C=O) groups is 1. The highest BCUT2D eigenvalue weighted by molar-refractivity contribution is 7.99. The minimum absolute atomic E-state index is 0.00790. The number of carbonyl (C=O) groups excluding carboxylic acids is 1. The van der Waals surface area contributed by atoms with Crippen LogP contribution in [0.3, 0.4) is 0 Å². The number of likely N-dealkylation sites (tertiary alicyclic amines) is 2. The Kier molecular flexibility index (Phi) is 12.8. The number of nitrogens with two attached hydrogens (primary N) is 1. The summed E-state index contributed by atoms with van der Waals surface area (Å²) in [7, 11) is -4.32. The van der Waals surface area contributed by atoms with Gasteiger partial charge in [-0.05, 0) is 144 Å². The van der Waals surface area contributed by atoms with E-state index in [1.807, 2.05) is 30.3 Å². The van der Waals surface area contributed by atoms with Crippen molar-refractivity contribution in [1.29, 1.82) is 0 Å². The van der Waals surface area contributed by atoms with Crippen LogP contribution < -0.4 is 10.6 Å². The number of H-pyrrole nitrogens is 1. The highest BCUT2D eigenvalue weighted by atomic mass is 32.2. The largest absolute Gasteiger partial charge is 0.369 e. The molecule has 4 aromatic carbocycles. The fourth-order valence-corrected chi connectivity index (χ4v) is 11.2. The zero-order chi connectivity index (χ0) is 40.2. The molecule has 2 fully saturated rings. The summed E-state index contributed by atoms with van der Waals surface area (Å²) in [6, 6.07) is 29.2. The molecule has 3 aliphatic rings. The normalized spacial score (nSPS) is 17.9. The van der Waals surface area contributed by atoms with Gasteiger partial charge in [0.1, 0.15) is 0 Å². The molecule has 10 nitrogen and oxygen atoms in total. The van der Waals surface area contributed by atoms with Crippen LogP contribution in [0.15, 0.2) is 117 Å². The second-order valence-electron chi connectivity index (χ2n) is 15.6. The second kappa shape index (κ2) is 17.8. The third-order valence-electron chi connectivity index (χ3n) is 11.6. The number of para-hydroxylation sites is 1. The lowest BCUT2D eigenvalue weighted by molar-refractivity contribution is -0.123. The van der Waals surface area contributed by atoms with Crippen LogP contribution in [0, 0.1) is 5.92 Å². The number of rotatable bonds is 12. The number of benzene rings is 4. The standard InChI is InChI=1S/C22H27N3O3S2.C22H26N2O2S/c1-30(27,28)17-7-8-21-19(15-17)25(18-5-2-3-6-20(18)29-21)12-4-11-24-13-9-16(10-14-24)22(23)26;1-24-12-5-6-19(24)15-18-16-23-22-10-9-17(14-21(18)22)11-13-27(25,26)20-7-3-2-4-8-20/h2-3,5-8,15-16H,4,9-14H2,1H3,(H2,23,26);2-4,7-10,14,16,19,23H,5-6,11-13,15H2,1H3/t;19-/m.1/s1. The maximum absolute atomic E-state index is 12.5. The molecule has 3 N–H and O–H groups in total. The second-order valence-corrected chi connectivity index (χ2v) is 20.8. The molecule has 57 heavy (non-hydrogen) atoms. The van der Waals surface area contributed by atoms with Gasteiger partial charge in [0.05, 0.1) is 26.9 Å². The maximum Gasteiger partial charge on any atom is 0.220 e. The molecule has 4 heterocycles. The van der Waals surface area contributed by atoms with Crippen LogP contribution in [-0.4, -0.2) is 95.3 Å². The number of aryl methyl sites for hydroxylation is 1. The SMILES string of the molecule is CN1CCC[C@@H]1Cc1c[nH]c2ccc(CCS(=O)(=O)c3ccccc3)cc12.CS(=O)(=O)c1ccc2c(c1)N(CCCN1CCC(C(N)=O)CC1)c1ccccc1S2. The number of nitrogens with zero attached hydrogens (tertiary/aromatic N) is 3. The molecular weight excluding hydrogens is 775 g/mol. The summed E-state index contributed by atoms with van der Waals surface area (Å²) in [5.41, 5.74) is 11.0. The number of hydrogen-bond donors (Lipinski definition) is 2. The number of primary amides is 1. The fraction of sp³-hybridized carbons (Fsp3) is 0.386. The number of amides is 1. The van der Waals surface area contributed by atoms with Crippen molar-refractivity contribution in [2.24, 2.45) is 11.7 Å². The molecule has 5 aromatic rings. The van der Waals surface area contributed by atoms with Crippen LogP contribution in [0.2, 0.25) is 0 Å². The van der Waals surface area contributed by atoms with E-state index in [0.29, 0.717) is 22.3 Å². The van der Waals surface area contributed by atoms with E-state index in [4.69, 9.17) is 5.73 Å². The molecule has 0 spiro atoms. The molecule has 1 atom stereocenters. The first-order chi connectivity index (χ1) is 27.4. The van der Waals surface area contributed by atoms with Crippen LogP contribution in [-0.2, 0) is 37.3 Å². The van der Waals surface area contributed by atoms with E-state index in [-0.39, 0.29) is 17.6 Å². The number of anilines is 2. The Labute approximate surface area is 341 Å². The van der Waals surface area contributed by atoms with Crippen molar-refractivity contribution < 1.29 is 21.6 Å². The van der Waals surface area contributed by atoms with Gasteiger partial charge in [-0.25, -0.2) is 16.8 Å². The molecular formula is C44H53N5O5S3. The van der Waals surface area contributed by atoms with Crippen molar-refractivity contribution in [3.8, 4) is 0 Å². The van der Waals surface area contributed by atoms with Gasteiger partial charge in [-0.2, -0.15) is 0 Å². The predicted molar refractivity (Wildman–Crippen MR) is 230 cm³/mol. The fourth-order valence-electron chi connectivity index (χ4n) is 8.21. The summed E-state index contributed by atoms with van der Waals surface area (Å²) < 4.78 is 49.3. The number of likely N-dealkylation sites (N-methyl/N-ethyl adjacent to an activating group) is 1. The van der Waals surface area contributed by atoms with Gasteiger partial charge < -0.3 is 25.4 Å². The van der Waals surface area contributed by atoms with Crippen molar-refractivity contribution in [1.82, 2.24) is 14.8 Å². The highest BCUT2D eigenvalue weighted by Crippen LogP contribution is 2.48. The van der Waals surface area contributed by atoms with E-state index in [9.17, 15) is 21.6 Å². The van der Waals surface area contributed by atoms with Crippen molar-refractivity contribution in [3.63, 3.8) is 0 Å². The lowest BCUT2D eigenvalue weighted by Crippen LogP contribution is -2.39. The van der Waals surface area contributed by atoms with Crippen molar-refractivity contribution in [2.45, 2.75) is 70.6 Å². The molecule has 302 valence electrons. The van der Waals surface area contributed by atoms with Gasteiger partial charge in [0.15, 0.2) is 19.7 Å². The molecule has 0 bridgehead atoms. The zero-order valence-electron chi connectivity index (χ0n) is 32.8. The molecule has 3 aliphatic heterocycles. The lowest BCUT2D eigenvalue weighted by atomic mass is 9.96. The van der Waals surface area contributed by atoms with Crippen LogP contribution in [0.1, 0.15) is 43.2 Å². The molecule has 1 amide bonds. The molecule has 1 aromatic heterocycles. The first-order valence-electron chi connectivity index (χ1n) is 19.8. The average molecular weight is 828 g/mol. The third kappa shape index (κ3) is 9.94. The van der Waals surface area contributed by atoms with E-state index < -0.39 is 19.7 Å². The first-order valence-corrected chi connectivity index (χ1v) is 24.2. The molecule has 8 rings (SSSR count). The summed E-state index contributed by atoms with van der Waals surface area (Å²) >= 11 is 1.68. The first kappa shape index (κ1) is 41.0. The van der Waals surface area contributed by atoms with E-state index >= 15 is 0 Å². The lowest BCUT2D eigenvalue weighted by Gasteiger charge is -2.35. The number of nitrogens with one attached hydrogen (secondary N) is 1. The van der Waals surface area contributed by atoms with E-state index in [0.717, 1.165) is 79.2 Å². The Balaban J connectivity index is 0.000000175. The molecule has 0 unspecified atom stereocenters. The van der Waals surface area contributed by atoms with Crippen molar-refractivity contribution in [2.75, 3.05) is 56.7 Å². The predicted octanol–water partition coefficient (Wildman–Crippen LogP) is 7.10. The van der Waals surface area contributed by atoms with Gasteiger partial charge in [-0.1, -0.05) is 48.2 Å². The summed E-state index contributed by atoms with van der Waals surface area (Å²) in [5, 5.41) is 1.23. The highest BCUT2D eigenvalue weighted by Gasteiger charge is 2.27. The Morgan fingerprint density at radius 3 is 2.28 bits per heavy atom. The monoisotopic (exact) mass is 827 g/mol. The number of hydrogen-bond acceptors (Lipinski definition) is 9. The number of sulfone groups is 2. The Morgan fingerprint density at radius 2 is 1.56 bits per heavy atom. The van der Waals surface area contributed by atoms with Gasteiger partial charge in [0, 0.05) is 51.7 Å². The van der Waals surface area contributed by atoms with E-state index in [2.05, 4.69) is 57.2 Å². The summed E-state index contributed by atoms with van der Waals surface area (Å²) in [6.07, 6.45) is 10.1. The Bertz CT molecular complexity index is 2410. The van der Waals surface area contributed by atoms with Crippen LogP contribution in [0.5, 0.6) is 0 Å². The number of aromatic amines is 1.